The van der Waals surface area contributed by atoms with Gasteiger partial charge in [0.1, 0.15) is 17.6 Å². The molecule has 0 bridgehead atoms. The van der Waals surface area contributed by atoms with Crippen molar-refractivity contribution in [3.05, 3.63) is 30.1 Å². The Bertz CT molecular complexity index is 826. The molecule has 162 valence electrons. The van der Waals surface area contributed by atoms with Gasteiger partial charge in [-0.25, -0.2) is 4.39 Å². The van der Waals surface area contributed by atoms with Gasteiger partial charge in [0.15, 0.2) is 0 Å². The van der Waals surface area contributed by atoms with E-state index in [2.05, 4.69) is 17.3 Å². The number of hydrogen-bond acceptors (Lipinski definition) is 5. The number of halogens is 1. The van der Waals surface area contributed by atoms with E-state index in [9.17, 15) is 18.8 Å². The Kier molecular flexibility index (Phi) is 7.02. The second kappa shape index (κ2) is 9.69. The van der Waals surface area contributed by atoms with E-state index in [4.69, 9.17) is 5.73 Å². The summed E-state index contributed by atoms with van der Waals surface area (Å²) in [7, 11) is 0. The van der Waals surface area contributed by atoms with Crippen molar-refractivity contribution in [3.63, 3.8) is 0 Å². The summed E-state index contributed by atoms with van der Waals surface area (Å²) in [5.74, 6) is -1.60. The standard InChI is InChI=1S/C21H28FN5O3/c1-2-3-10-24-20(29)14-5-4-11-26(13-14)21(30)17-12-18(19(23)28)27(25-17)16-8-6-15(22)7-9-16/h6-9,14,18H,2-5,10-13H2,1H3,(H2,23,28)(H,24,29). The summed E-state index contributed by atoms with van der Waals surface area (Å²) in [5.41, 5.74) is 6.21. The minimum Gasteiger partial charge on any atom is -0.368 e. The van der Waals surface area contributed by atoms with E-state index in [1.54, 1.807) is 4.90 Å². The number of carbonyl (C=O) groups excluding carboxylic acids is 3. The molecule has 2 unspecified atom stereocenters. The molecular weight excluding hydrogens is 389 g/mol. The minimum atomic E-state index is -0.813. The number of hydrogen-bond donors (Lipinski definition) is 2. The van der Waals surface area contributed by atoms with Crippen LogP contribution in [0.2, 0.25) is 0 Å². The highest BCUT2D eigenvalue weighted by Gasteiger charge is 2.38. The van der Waals surface area contributed by atoms with Gasteiger partial charge in [-0.1, -0.05) is 13.3 Å². The highest BCUT2D eigenvalue weighted by atomic mass is 19.1. The van der Waals surface area contributed by atoms with Crippen LogP contribution in [0.3, 0.4) is 0 Å². The highest BCUT2D eigenvalue weighted by Crippen LogP contribution is 2.26. The van der Waals surface area contributed by atoms with Crippen molar-refractivity contribution in [2.75, 3.05) is 24.6 Å². The zero-order valence-corrected chi connectivity index (χ0v) is 17.1. The smallest absolute Gasteiger partial charge is 0.270 e. The fourth-order valence-electron chi connectivity index (χ4n) is 3.78. The number of benzene rings is 1. The number of hydrazone groups is 1. The fraction of sp³-hybridized carbons (Fsp3) is 0.524. The van der Waals surface area contributed by atoms with E-state index in [0.717, 1.165) is 25.7 Å². The van der Waals surface area contributed by atoms with Crippen LogP contribution in [0, 0.1) is 11.7 Å². The normalized spacial score (nSPS) is 21.3. The van der Waals surface area contributed by atoms with Gasteiger partial charge in [0, 0.05) is 26.1 Å². The van der Waals surface area contributed by atoms with E-state index >= 15 is 0 Å². The summed E-state index contributed by atoms with van der Waals surface area (Å²) in [6.07, 6.45) is 3.47. The molecule has 8 nitrogen and oxygen atoms in total. The topological polar surface area (TPSA) is 108 Å². The third kappa shape index (κ3) is 4.95. The second-order valence-corrected chi connectivity index (χ2v) is 7.72. The molecule has 0 saturated carbocycles. The lowest BCUT2D eigenvalue weighted by Crippen LogP contribution is -2.47. The lowest BCUT2D eigenvalue weighted by atomic mass is 9.96. The van der Waals surface area contributed by atoms with Gasteiger partial charge in [-0.3, -0.25) is 19.4 Å². The molecule has 3 N–H and O–H groups in total. The number of rotatable bonds is 7. The number of piperidine rings is 1. The average molecular weight is 417 g/mol. The molecule has 0 radical (unpaired) electrons. The van der Waals surface area contributed by atoms with Gasteiger partial charge < -0.3 is 16.0 Å². The molecule has 0 spiro atoms. The van der Waals surface area contributed by atoms with Crippen molar-refractivity contribution in [1.29, 1.82) is 0 Å². The predicted octanol–water partition coefficient (Wildman–Crippen LogP) is 1.40. The quantitative estimate of drug-likeness (QED) is 0.654. The van der Waals surface area contributed by atoms with Gasteiger partial charge in [0.05, 0.1) is 11.6 Å². The van der Waals surface area contributed by atoms with Gasteiger partial charge in [0.25, 0.3) is 5.91 Å². The maximum Gasteiger partial charge on any atom is 0.270 e. The number of carbonyl (C=O) groups is 3. The van der Waals surface area contributed by atoms with Crippen LogP contribution in [0.15, 0.2) is 29.4 Å². The van der Waals surface area contributed by atoms with Crippen molar-refractivity contribution in [2.24, 2.45) is 16.8 Å². The molecule has 3 rings (SSSR count). The first kappa shape index (κ1) is 21.7. The Morgan fingerprint density at radius 1 is 1.27 bits per heavy atom. The van der Waals surface area contributed by atoms with Crippen molar-refractivity contribution >= 4 is 29.1 Å². The highest BCUT2D eigenvalue weighted by molar-refractivity contribution is 6.40. The first-order valence-corrected chi connectivity index (χ1v) is 10.4. The monoisotopic (exact) mass is 417 g/mol. The summed E-state index contributed by atoms with van der Waals surface area (Å²) in [4.78, 5) is 39.0. The Morgan fingerprint density at radius 3 is 2.67 bits per heavy atom. The molecule has 1 fully saturated rings. The Hall–Kier alpha value is -2.97. The molecule has 1 aromatic carbocycles. The molecule has 2 heterocycles. The lowest BCUT2D eigenvalue weighted by molar-refractivity contribution is -0.131. The van der Waals surface area contributed by atoms with Crippen LogP contribution in [0.5, 0.6) is 0 Å². The summed E-state index contributed by atoms with van der Waals surface area (Å²) in [6, 6.07) is 4.68. The summed E-state index contributed by atoms with van der Waals surface area (Å²) < 4.78 is 13.2. The molecular formula is C21H28FN5O3. The van der Waals surface area contributed by atoms with Crippen LogP contribution < -0.4 is 16.1 Å². The number of nitrogens with two attached hydrogens (primary N) is 1. The van der Waals surface area contributed by atoms with E-state index in [1.807, 2.05) is 0 Å². The number of nitrogens with zero attached hydrogens (tertiary/aromatic N) is 3. The molecule has 1 saturated heterocycles. The molecule has 3 amide bonds. The van der Waals surface area contributed by atoms with Crippen LogP contribution in [-0.2, 0) is 14.4 Å². The van der Waals surface area contributed by atoms with E-state index in [-0.39, 0.29) is 29.9 Å². The largest absolute Gasteiger partial charge is 0.368 e. The summed E-state index contributed by atoms with van der Waals surface area (Å²) in [5, 5.41) is 8.63. The number of anilines is 1. The maximum absolute atomic E-state index is 13.2. The summed E-state index contributed by atoms with van der Waals surface area (Å²) in [6.45, 7) is 3.56. The fourth-order valence-corrected chi connectivity index (χ4v) is 3.78. The molecule has 2 atom stereocenters. The van der Waals surface area contributed by atoms with Gasteiger partial charge in [-0.2, -0.15) is 5.10 Å². The molecule has 2 aliphatic rings. The predicted molar refractivity (Wildman–Crippen MR) is 111 cm³/mol. The van der Waals surface area contributed by atoms with Crippen LogP contribution in [0.4, 0.5) is 10.1 Å². The van der Waals surface area contributed by atoms with Crippen molar-refractivity contribution < 1.29 is 18.8 Å². The van der Waals surface area contributed by atoms with Crippen LogP contribution in [-0.4, -0.2) is 54.0 Å². The van der Waals surface area contributed by atoms with Gasteiger partial charge in [0.2, 0.25) is 11.8 Å². The van der Waals surface area contributed by atoms with Gasteiger partial charge in [-0.15, -0.1) is 0 Å². The van der Waals surface area contributed by atoms with E-state index < -0.39 is 17.8 Å². The molecule has 30 heavy (non-hydrogen) atoms. The van der Waals surface area contributed by atoms with Crippen LogP contribution in [0.25, 0.3) is 0 Å². The average Bonchev–Trinajstić information content (AvgIpc) is 3.20. The molecule has 9 heteroatoms. The van der Waals surface area contributed by atoms with E-state index in [1.165, 1.54) is 29.3 Å². The molecule has 0 aliphatic carbocycles. The zero-order valence-electron chi connectivity index (χ0n) is 17.1. The third-order valence-electron chi connectivity index (χ3n) is 5.49. The number of likely N-dealkylation sites (tertiary alicyclic amines) is 1. The zero-order chi connectivity index (χ0) is 21.7. The number of unbranched alkanes of at least 4 members (excludes halogenated alkanes) is 1. The number of primary amides is 1. The van der Waals surface area contributed by atoms with Crippen molar-refractivity contribution in [1.82, 2.24) is 10.2 Å². The first-order valence-electron chi connectivity index (χ1n) is 10.4. The Morgan fingerprint density at radius 2 is 2.00 bits per heavy atom. The maximum atomic E-state index is 13.2. The Balaban J connectivity index is 1.70. The molecule has 1 aromatic rings. The van der Waals surface area contributed by atoms with Crippen LogP contribution in [0.1, 0.15) is 39.0 Å². The SMILES string of the molecule is CCCCNC(=O)C1CCCN(C(=O)C2=NN(c3ccc(F)cc3)C(C(N)=O)C2)C1. The Labute approximate surface area is 175 Å². The minimum absolute atomic E-state index is 0.0303. The van der Waals surface area contributed by atoms with E-state index in [0.29, 0.717) is 25.3 Å². The molecule has 2 aliphatic heterocycles. The van der Waals surface area contributed by atoms with Gasteiger partial charge in [-0.05, 0) is 43.5 Å². The lowest BCUT2D eigenvalue weighted by Gasteiger charge is -2.32. The van der Waals surface area contributed by atoms with Crippen molar-refractivity contribution in [3.8, 4) is 0 Å². The second-order valence-electron chi connectivity index (χ2n) is 7.72. The third-order valence-corrected chi connectivity index (χ3v) is 5.49. The van der Waals surface area contributed by atoms with Crippen LogP contribution >= 0.6 is 0 Å². The number of nitrogens with one attached hydrogen (secondary N) is 1. The number of amides is 3. The molecule has 0 aromatic heterocycles. The first-order chi connectivity index (χ1) is 14.4. The summed E-state index contributed by atoms with van der Waals surface area (Å²) >= 11 is 0. The van der Waals surface area contributed by atoms with Gasteiger partial charge >= 0.3 is 0 Å². The van der Waals surface area contributed by atoms with Crippen molar-refractivity contribution in [2.45, 2.75) is 45.1 Å².